The molecule has 0 heterocycles. The maximum absolute atomic E-state index is 4.83. The van der Waals surface area contributed by atoms with Crippen molar-refractivity contribution in [2.75, 3.05) is 5.75 Å². The molecule has 2 heteroatoms. The van der Waals surface area contributed by atoms with Crippen LogP contribution >= 0.6 is 0 Å². The van der Waals surface area contributed by atoms with E-state index in [1.807, 2.05) is 0 Å². The fourth-order valence-electron chi connectivity index (χ4n) is 0.882. The van der Waals surface area contributed by atoms with Crippen molar-refractivity contribution in [2.24, 2.45) is 0 Å². The molecule has 0 fully saturated rings. The first-order valence-corrected chi connectivity index (χ1v) is 4.57. The molecule has 0 radical (unpaired) electrons. The second-order valence-electron chi connectivity index (χ2n) is 2.47. The Labute approximate surface area is 113 Å². The molecular formula is C8H17KS. The van der Waals surface area contributed by atoms with Gasteiger partial charge < -0.3 is 12.6 Å². The Morgan fingerprint density at radius 2 is 1.40 bits per heavy atom. The quantitative estimate of drug-likeness (QED) is 0.316. The summed E-state index contributed by atoms with van der Waals surface area (Å²) in [7, 11) is 0. The van der Waals surface area contributed by atoms with Crippen LogP contribution in [0.15, 0.2) is 0 Å². The molecule has 0 aliphatic heterocycles. The van der Waals surface area contributed by atoms with E-state index in [4.69, 9.17) is 12.6 Å². The van der Waals surface area contributed by atoms with Crippen molar-refractivity contribution in [3.05, 3.63) is 0 Å². The molecular weight excluding hydrogens is 167 g/mol. The van der Waals surface area contributed by atoms with Gasteiger partial charge in [-0.3, -0.25) is 0 Å². The number of hydrogen-bond acceptors (Lipinski definition) is 1. The van der Waals surface area contributed by atoms with E-state index < -0.39 is 0 Å². The first-order chi connectivity index (χ1) is 4.41. The Morgan fingerprint density at radius 3 is 1.90 bits per heavy atom. The van der Waals surface area contributed by atoms with Crippen molar-refractivity contribution in [3.8, 4) is 0 Å². The average Bonchev–Trinajstić information content (AvgIpc) is 1.89. The Hall–Kier alpha value is 1.99. The second-order valence-corrected chi connectivity index (χ2v) is 2.88. The molecule has 0 amide bonds. The van der Waals surface area contributed by atoms with Gasteiger partial charge >= 0.3 is 51.4 Å². The van der Waals surface area contributed by atoms with E-state index in [-0.39, 0.29) is 51.4 Å². The van der Waals surface area contributed by atoms with Gasteiger partial charge in [0.1, 0.15) is 0 Å². The van der Waals surface area contributed by atoms with Crippen LogP contribution in [-0.2, 0) is 12.6 Å². The van der Waals surface area contributed by atoms with Gasteiger partial charge in [-0.2, -0.15) is 5.75 Å². The van der Waals surface area contributed by atoms with Crippen LogP contribution < -0.4 is 51.4 Å². The minimum atomic E-state index is 0. The summed E-state index contributed by atoms with van der Waals surface area (Å²) in [5.41, 5.74) is 0. The molecule has 56 valence electrons. The van der Waals surface area contributed by atoms with Crippen molar-refractivity contribution >= 4 is 12.6 Å². The van der Waals surface area contributed by atoms with Crippen LogP contribution in [-0.4, -0.2) is 5.75 Å². The maximum atomic E-state index is 4.83. The standard InChI is InChI=1S/C8H18S.K/c1-2-3-4-5-6-7-8-9;/h9H,2-8H2,1H3;/q;+1/p-1. The SMILES string of the molecule is CCCCCCCC[S-].[K+]. The summed E-state index contributed by atoms with van der Waals surface area (Å²) in [4.78, 5) is 0. The third-order valence-electron chi connectivity index (χ3n) is 1.50. The Morgan fingerprint density at radius 1 is 0.900 bits per heavy atom. The van der Waals surface area contributed by atoms with Crippen LogP contribution in [0.1, 0.15) is 45.4 Å². The predicted molar refractivity (Wildman–Crippen MR) is 45.6 cm³/mol. The van der Waals surface area contributed by atoms with Crippen molar-refractivity contribution in [1.29, 1.82) is 0 Å². The molecule has 0 aliphatic rings. The zero-order valence-corrected chi connectivity index (χ0v) is 11.3. The van der Waals surface area contributed by atoms with Gasteiger partial charge in [-0.25, -0.2) is 0 Å². The van der Waals surface area contributed by atoms with Crippen molar-refractivity contribution < 1.29 is 51.4 Å². The van der Waals surface area contributed by atoms with Crippen LogP contribution in [0, 0.1) is 0 Å². The Balaban J connectivity index is 0. The van der Waals surface area contributed by atoms with Crippen molar-refractivity contribution in [3.63, 3.8) is 0 Å². The van der Waals surface area contributed by atoms with E-state index in [0.29, 0.717) is 0 Å². The molecule has 0 aromatic heterocycles. The van der Waals surface area contributed by atoms with E-state index in [1.54, 1.807) is 0 Å². The number of unbranched alkanes of at least 4 members (excludes halogenated alkanes) is 5. The molecule has 0 N–H and O–H groups in total. The van der Waals surface area contributed by atoms with E-state index in [9.17, 15) is 0 Å². The summed E-state index contributed by atoms with van der Waals surface area (Å²) in [5, 5.41) is 0. The zero-order chi connectivity index (χ0) is 6.95. The van der Waals surface area contributed by atoms with E-state index in [0.717, 1.165) is 5.75 Å². The molecule has 0 bridgehead atoms. The predicted octanol–water partition coefficient (Wildman–Crippen LogP) is -0.102. The van der Waals surface area contributed by atoms with Crippen molar-refractivity contribution in [1.82, 2.24) is 0 Å². The van der Waals surface area contributed by atoms with Crippen LogP contribution in [0.5, 0.6) is 0 Å². The van der Waals surface area contributed by atoms with Gasteiger partial charge in [-0.15, -0.1) is 0 Å². The van der Waals surface area contributed by atoms with Crippen LogP contribution in [0.25, 0.3) is 0 Å². The van der Waals surface area contributed by atoms with Gasteiger partial charge in [0.15, 0.2) is 0 Å². The van der Waals surface area contributed by atoms with Gasteiger partial charge in [0, 0.05) is 0 Å². The summed E-state index contributed by atoms with van der Waals surface area (Å²) in [6.45, 7) is 2.24. The molecule has 0 aromatic rings. The summed E-state index contributed by atoms with van der Waals surface area (Å²) in [6.07, 6.45) is 8.14. The van der Waals surface area contributed by atoms with E-state index in [2.05, 4.69) is 6.92 Å². The normalized spacial score (nSPS) is 9.00. The monoisotopic (exact) mass is 184 g/mol. The second kappa shape index (κ2) is 13.6. The molecule has 0 saturated carbocycles. The molecule has 0 unspecified atom stereocenters. The van der Waals surface area contributed by atoms with Gasteiger partial charge in [-0.1, -0.05) is 45.4 Å². The first-order valence-electron chi connectivity index (χ1n) is 4.00. The molecule has 0 aromatic carbocycles. The minimum Gasteiger partial charge on any atom is -0.793 e. The van der Waals surface area contributed by atoms with Crippen molar-refractivity contribution in [2.45, 2.75) is 45.4 Å². The zero-order valence-electron chi connectivity index (χ0n) is 7.36. The summed E-state index contributed by atoms with van der Waals surface area (Å²) in [5.74, 6) is 0.951. The molecule has 0 spiro atoms. The van der Waals surface area contributed by atoms with Gasteiger partial charge in [0.2, 0.25) is 0 Å². The summed E-state index contributed by atoms with van der Waals surface area (Å²) in [6, 6.07) is 0. The fraction of sp³-hybridized carbons (Fsp3) is 1.00. The van der Waals surface area contributed by atoms with Gasteiger partial charge in [-0.05, 0) is 0 Å². The Bertz CT molecular complexity index is 42.5. The summed E-state index contributed by atoms with van der Waals surface area (Å²) < 4.78 is 0. The number of hydrogen-bond donors (Lipinski definition) is 0. The Kier molecular flexibility index (Phi) is 19.7. The van der Waals surface area contributed by atoms with Crippen LogP contribution in [0.4, 0.5) is 0 Å². The topological polar surface area (TPSA) is 0 Å². The third kappa shape index (κ3) is 12.6. The molecule has 0 rings (SSSR count). The van der Waals surface area contributed by atoms with Crippen LogP contribution in [0.2, 0.25) is 0 Å². The van der Waals surface area contributed by atoms with E-state index in [1.165, 1.54) is 38.5 Å². The molecule has 0 nitrogen and oxygen atoms in total. The maximum Gasteiger partial charge on any atom is 1.00 e. The fourth-order valence-corrected chi connectivity index (χ4v) is 1.09. The number of rotatable bonds is 6. The first kappa shape index (κ1) is 14.5. The minimum absolute atomic E-state index is 0. The largest absolute Gasteiger partial charge is 1.00 e. The molecule has 0 aliphatic carbocycles. The van der Waals surface area contributed by atoms with Gasteiger partial charge in [0.05, 0.1) is 0 Å². The third-order valence-corrected chi connectivity index (χ3v) is 1.79. The van der Waals surface area contributed by atoms with Crippen LogP contribution in [0.3, 0.4) is 0 Å². The molecule has 10 heavy (non-hydrogen) atoms. The summed E-state index contributed by atoms with van der Waals surface area (Å²) >= 11 is 4.83. The average molecular weight is 184 g/mol. The van der Waals surface area contributed by atoms with E-state index >= 15 is 0 Å². The molecule has 0 saturated heterocycles. The molecule has 0 atom stereocenters. The van der Waals surface area contributed by atoms with Gasteiger partial charge in [0.25, 0.3) is 0 Å². The smallest absolute Gasteiger partial charge is 0.793 e.